The number of carbonyl (C=O) groups excluding carboxylic acids is 2. The van der Waals surface area contributed by atoms with E-state index >= 15 is 0 Å². The van der Waals surface area contributed by atoms with Gasteiger partial charge in [0, 0.05) is 28.7 Å². The second kappa shape index (κ2) is 8.17. The van der Waals surface area contributed by atoms with Crippen LogP contribution in [0.2, 0.25) is 0 Å². The van der Waals surface area contributed by atoms with Crippen molar-refractivity contribution < 1.29 is 14.0 Å². The minimum Gasteiger partial charge on any atom is -0.467 e. The van der Waals surface area contributed by atoms with Crippen molar-refractivity contribution in [2.24, 2.45) is 5.92 Å². The lowest BCUT2D eigenvalue weighted by Crippen LogP contribution is -2.17. The number of aromatic nitrogens is 1. The van der Waals surface area contributed by atoms with Crippen LogP contribution in [0.25, 0.3) is 0 Å². The SMILES string of the molecule is Cc1cc(C(=O)Nc2ccc(NC(=O)C(C)C)cc2)c(C)n1Cc1ccco1. The topological polar surface area (TPSA) is 76.3 Å². The summed E-state index contributed by atoms with van der Waals surface area (Å²) in [5.41, 5.74) is 3.87. The van der Waals surface area contributed by atoms with Crippen LogP contribution < -0.4 is 10.6 Å². The van der Waals surface area contributed by atoms with Crippen molar-refractivity contribution >= 4 is 23.2 Å². The van der Waals surface area contributed by atoms with E-state index in [2.05, 4.69) is 15.2 Å². The molecule has 0 saturated heterocycles. The second-order valence-corrected chi connectivity index (χ2v) is 7.13. The molecule has 0 aliphatic heterocycles. The van der Waals surface area contributed by atoms with Gasteiger partial charge in [0.2, 0.25) is 5.91 Å². The molecule has 1 aromatic carbocycles. The normalized spacial score (nSPS) is 10.9. The van der Waals surface area contributed by atoms with Crippen molar-refractivity contribution in [2.45, 2.75) is 34.2 Å². The molecular formula is C22H25N3O3. The predicted octanol–water partition coefficient (Wildman–Crippen LogP) is 4.59. The minimum atomic E-state index is -0.169. The molecule has 2 N–H and O–H groups in total. The number of benzene rings is 1. The molecule has 3 aromatic rings. The van der Waals surface area contributed by atoms with E-state index < -0.39 is 0 Å². The Labute approximate surface area is 164 Å². The highest BCUT2D eigenvalue weighted by molar-refractivity contribution is 6.05. The smallest absolute Gasteiger partial charge is 0.257 e. The molecule has 0 fully saturated rings. The molecule has 2 heterocycles. The molecular weight excluding hydrogens is 354 g/mol. The molecule has 6 heteroatoms. The van der Waals surface area contributed by atoms with Crippen molar-refractivity contribution in [3.8, 4) is 0 Å². The maximum atomic E-state index is 12.7. The average Bonchev–Trinajstić information content (AvgIpc) is 3.27. The summed E-state index contributed by atoms with van der Waals surface area (Å²) in [6, 6.07) is 12.7. The van der Waals surface area contributed by atoms with E-state index in [1.165, 1.54) is 0 Å². The number of rotatable bonds is 6. The fourth-order valence-corrected chi connectivity index (χ4v) is 2.95. The molecule has 2 aromatic heterocycles. The van der Waals surface area contributed by atoms with E-state index in [4.69, 9.17) is 4.42 Å². The monoisotopic (exact) mass is 379 g/mol. The fourth-order valence-electron chi connectivity index (χ4n) is 2.95. The summed E-state index contributed by atoms with van der Waals surface area (Å²) in [6.07, 6.45) is 1.64. The van der Waals surface area contributed by atoms with Gasteiger partial charge in [0.1, 0.15) is 5.76 Å². The number of amides is 2. The van der Waals surface area contributed by atoms with Gasteiger partial charge in [0.05, 0.1) is 18.4 Å². The van der Waals surface area contributed by atoms with Gasteiger partial charge in [-0.25, -0.2) is 0 Å². The first-order chi connectivity index (χ1) is 13.3. The van der Waals surface area contributed by atoms with Crippen LogP contribution in [0.1, 0.15) is 41.4 Å². The molecule has 0 unspecified atom stereocenters. The van der Waals surface area contributed by atoms with Gasteiger partial charge in [0.25, 0.3) is 5.91 Å². The number of nitrogens with one attached hydrogen (secondary N) is 2. The molecule has 146 valence electrons. The van der Waals surface area contributed by atoms with E-state index in [1.807, 2.05) is 45.9 Å². The lowest BCUT2D eigenvalue weighted by molar-refractivity contribution is -0.118. The van der Waals surface area contributed by atoms with Gasteiger partial charge in [-0.15, -0.1) is 0 Å². The third kappa shape index (κ3) is 4.34. The molecule has 2 amide bonds. The standard InChI is InChI=1S/C22H25N3O3/c1-14(2)21(26)23-17-7-9-18(10-8-17)24-22(27)20-12-15(3)25(16(20)4)13-19-6-5-11-28-19/h5-12,14H,13H2,1-4H3,(H,23,26)(H,24,27). The summed E-state index contributed by atoms with van der Waals surface area (Å²) in [7, 11) is 0. The molecule has 0 radical (unpaired) electrons. The van der Waals surface area contributed by atoms with Gasteiger partial charge in [0.15, 0.2) is 0 Å². The summed E-state index contributed by atoms with van der Waals surface area (Å²) in [4.78, 5) is 24.5. The lowest BCUT2D eigenvalue weighted by Gasteiger charge is -2.10. The molecule has 0 saturated carbocycles. The van der Waals surface area contributed by atoms with Gasteiger partial charge < -0.3 is 19.6 Å². The van der Waals surface area contributed by atoms with Crippen molar-refractivity contribution in [1.29, 1.82) is 0 Å². The number of hydrogen-bond donors (Lipinski definition) is 2. The van der Waals surface area contributed by atoms with Crippen molar-refractivity contribution in [2.75, 3.05) is 10.6 Å². The number of furan rings is 1. The Morgan fingerprint density at radius 3 is 2.25 bits per heavy atom. The molecule has 0 aliphatic rings. The van der Waals surface area contributed by atoms with Crippen LogP contribution >= 0.6 is 0 Å². The maximum absolute atomic E-state index is 12.7. The van der Waals surface area contributed by atoms with Crippen molar-refractivity contribution in [1.82, 2.24) is 4.57 Å². The Morgan fingerprint density at radius 1 is 1.04 bits per heavy atom. The third-order valence-corrected chi connectivity index (χ3v) is 4.65. The Bertz CT molecular complexity index is 967. The number of carbonyl (C=O) groups is 2. The van der Waals surface area contributed by atoms with Crippen LogP contribution in [0.4, 0.5) is 11.4 Å². The van der Waals surface area contributed by atoms with E-state index in [0.29, 0.717) is 23.5 Å². The average molecular weight is 379 g/mol. The largest absolute Gasteiger partial charge is 0.467 e. The molecule has 3 rings (SSSR count). The number of hydrogen-bond acceptors (Lipinski definition) is 3. The van der Waals surface area contributed by atoms with Crippen LogP contribution in [0.15, 0.2) is 53.1 Å². The number of nitrogens with zero attached hydrogens (tertiary/aromatic N) is 1. The lowest BCUT2D eigenvalue weighted by atomic mass is 10.2. The Morgan fingerprint density at radius 2 is 1.68 bits per heavy atom. The molecule has 6 nitrogen and oxygen atoms in total. The summed E-state index contributed by atoms with van der Waals surface area (Å²) in [5, 5.41) is 5.74. The van der Waals surface area contributed by atoms with E-state index in [-0.39, 0.29) is 17.7 Å². The van der Waals surface area contributed by atoms with Crippen molar-refractivity contribution in [3.05, 3.63) is 71.4 Å². The highest BCUT2D eigenvalue weighted by Crippen LogP contribution is 2.20. The molecule has 28 heavy (non-hydrogen) atoms. The zero-order valence-corrected chi connectivity index (χ0v) is 16.6. The Balaban J connectivity index is 1.70. The third-order valence-electron chi connectivity index (χ3n) is 4.65. The number of aryl methyl sites for hydroxylation is 1. The molecule has 0 spiro atoms. The van der Waals surface area contributed by atoms with Crippen LogP contribution in [0.3, 0.4) is 0 Å². The zero-order chi connectivity index (χ0) is 20.3. The summed E-state index contributed by atoms with van der Waals surface area (Å²) in [5.74, 6) is 0.544. The van der Waals surface area contributed by atoms with Crippen LogP contribution in [-0.4, -0.2) is 16.4 Å². The van der Waals surface area contributed by atoms with Gasteiger partial charge in [-0.3, -0.25) is 9.59 Å². The maximum Gasteiger partial charge on any atom is 0.257 e. The predicted molar refractivity (Wildman–Crippen MR) is 110 cm³/mol. The van der Waals surface area contributed by atoms with Crippen LogP contribution in [0, 0.1) is 19.8 Å². The molecule has 0 aliphatic carbocycles. The first-order valence-corrected chi connectivity index (χ1v) is 9.26. The first kappa shape index (κ1) is 19.5. The van der Waals surface area contributed by atoms with Gasteiger partial charge in [-0.1, -0.05) is 13.8 Å². The summed E-state index contributed by atoms with van der Waals surface area (Å²) in [6.45, 7) is 8.16. The summed E-state index contributed by atoms with van der Waals surface area (Å²) < 4.78 is 7.47. The first-order valence-electron chi connectivity index (χ1n) is 9.26. The quantitative estimate of drug-likeness (QED) is 0.657. The number of anilines is 2. The highest BCUT2D eigenvalue weighted by Gasteiger charge is 2.17. The highest BCUT2D eigenvalue weighted by atomic mass is 16.3. The van der Waals surface area contributed by atoms with E-state index in [1.54, 1.807) is 30.5 Å². The van der Waals surface area contributed by atoms with Crippen molar-refractivity contribution in [3.63, 3.8) is 0 Å². The van der Waals surface area contributed by atoms with Gasteiger partial charge >= 0.3 is 0 Å². The molecule has 0 atom stereocenters. The van der Waals surface area contributed by atoms with Gasteiger partial charge in [-0.05, 0) is 56.3 Å². The summed E-state index contributed by atoms with van der Waals surface area (Å²) >= 11 is 0. The van der Waals surface area contributed by atoms with E-state index in [9.17, 15) is 9.59 Å². The van der Waals surface area contributed by atoms with Gasteiger partial charge in [-0.2, -0.15) is 0 Å². The molecule has 0 bridgehead atoms. The Kier molecular flexibility index (Phi) is 5.68. The van der Waals surface area contributed by atoms with E-state index in [0.717, 1.165) is 17.1 Å². The second-order valence-electron chi connectivity index (χ2n) is 7.13. The van der Waals surface area contributed by atoms with Crippen LogP contribution in [0.5, 0.6) is 0 Å². The minimum absolute atomic E-state index is 0.0409. The fraction of sp³-hybridized carbons (Fsp3) is 0.273. The zero-order valence-electron chi connectivity index (χ0n) is 16.6. The Hall–Kier alpha value is -3.28. The van der Waals surface area contributed by atoms with Crippen LogP contribution in [-0.2, 0) is 11.3 Å².